The highest BCUT2D eigenvalue weighted by molar-refractivity contribution is 5.70. The van der Waals surface area contributed by atoms with Crippen LogP contribution in [0.4, 0.5) is 0 Å². The Labute approximate surface area is 444 Å². The molecule has 2 rings (SSSR count). The summed E-state index contributed by atoms with van der Waals surface area (Å²) < 4.78 is 33.6. The first-order chi connectivity index (χ1) is 36.0. The van der Waals surface area contributed by atoms with Crippen molar-refractivity contribution in [2.24, 2.45) is 0 Å². The summed E-state index contributed by atoms with van der Waals surface area (Å²) >= 11 is 0. The fourth-order valence-corrected chi connectivity index (χ4v) is 8.53. The molecule has 7 N–H and O–H groups in total. The van der Waals surface area contributed by atoms with Gasteiger partial charge in [-0.2, -0.15) is 0 Å². The standard InChI is InChI=1S/C59H100O15/c1-3-5-7-9-11-13-15-17-19-21-23-25-27-29-31-33-35-37-39-41-50(61)69-44-47(72-51(62)42-40-38-36-34-32-30-28-26-24-22-20-18-16-14-12-10-8-6-4-2)45-70-58-57(68)55(66)53(64)49(74-58)46-71-59-56(67)54(65)52(63)48(43-60)73-59/h6,8,12,14,17-20,24,26,30,32,47-49,52-60,63-68H,3-5,7,9-11,13,15-16,21-23,25,27-29,31,33-46H2,1-2H3/b8-6-,14-12-,19-17-,20-18-,26-24-,32-30-. The monoisotopic (exact) mass is 1050 g/mol. The molecule has 2 fully saturated rings. The van der Waals surface area contributed by atoms with Gasteiger partial charge in [0.05, 0.1) is 19.8 Å². The summed E-state index contributed by atoms with van der Waals surface area (Å²) in [5.41, 5.74) is 0. The Morgan fingerprint density at radius 2 is 0.851 bits per heavy atom. The average Bonchev–Trinajstić information content (AvgIpc) is 3.39. The van der Waals surface area contributed by atoms with Crippen LogP contribution in [0.3, 0.4) is 0 Å². The number of allylic oxidation sites excluding steroid dienone is 12. The predicted molar refractivity (Wildman–Crippen MR) is 289 cm³/mol. The van der Waals surface area contributed by atoms with Crippen LogP contribution in [0.25, 0.3) is 0 Å². The molecule has 2 heterocycles. The SMILES string of the molecule is CC/C=C\C/C=C\C/C=C\C/C=C\C/C=C\CCCCCC(=O)OC(COC(=O)CCCCCCCCCCC/C=C\CCCCCCCC)COC1OC(COC2OC(CO)C(O)C(O)C2O)C(O)C(O)C1O. The Kier molecular flexibility index (Phi) is 40.8. The smallest absolute Gasteiger partial charge is 0.306 e. The fourth-order valence-electron chi connectivity index (χ4n) is 8.53. The van der Waals surface area contributed by atoms with E-state index in [0.717, 1.165) is 70.6 Å². The minimum atomic E-state index is -1.78. The topological polar surface area (TPSA) is 231 Å². The number of ether oxygens (including phenoxy) is 6. The van der Waals surface area contributed by atoms with Gasteiger partial charge in [0.25, 0.3) is 0 Å². The molecule has 74 heavy (non-hydrogen) atoms. The van der Waals surface area contributed by atoms with Gasteiger partial charge in [0.2, 0.25) is 0 Å². The van der Waals surface area contributed by atoms with Crippen molar-refractivity contribution < 1.29 is 73.8 Å². The summed E-state index contributed by atoms with van der Waals surface area (Å²) in [5.74, 6) is -0.966. The molecule has 15 heteroatoms. The van der Waals surface area contributed by atoms with Crippen LogP contribution in [0.1, 0.15) is 194 Å². The van der Waals surface area contributed by atoms with E-state index in [1.54, 1.807) is 0 Å². The maximum absolute atomic E-state index is 13.0. The van der Waals surface area contributed by atoms with Crippen LogP contribution in [-0.2, 0) is 38.0 Å². The van der Waals surface area contributed by atoms with Crippen LogP contribution in [0.2, 0.25) is 0 Å². The number of aliphatic hydroxyl groups excluding tert-OH is 7. The molecule has 0 spiro atoms. The zero-order valence-electron chi connectivity index (χ0n) is 45.3. The van der Waals surface area contributed by atoms with Gasteiger partial charge in [-0.1, -0.05) is 170 Å². The van der Waals surface area contributed by atoms with Crippen molar-refractivity contribution in [3.8, 4) is 0 Å². The van der Waals surface area contributed by atoms with Gasteiger partial charge in [0.15, 0.2) is 18.7 Å². The van der Waals surface area contributed by atoms with Gasteiger partial charge in [0, 0.05) is 12.8 Å². The molecule has 2 saturated heterocycles. The summed E-state index contributed by atoms with van der Waals surface area (Å²) in [5, 5.41) is 72.3. The van der Waals surface area contributed by atoms with Gasteiger partial charge in [-0.05, 0) is 83.5 Å². The molecule has 2 aliphatic rings. The maximum Gasteiger partial charge on any atom is 0.306 e. The van der Waals surface area contributed by atoms with Crippen molar-refractivity contribution in [3.05, 3.63) is 72.9 Å². The largest absolute Gasteiger partial charge is 0.462 e. The predicted octanol–water partition coefficient (Wildman–Crippen LogP) is 9.38. The first-order valence-corrected chi connectivity index (χ1v) is 28.5. The molecule has 11 unspecified atom stereocenters. The van der Waals surface area contributed by atoms with Crippen molar-refractivity contribution >= 4 is 11.9 Å². The Hall–Kier alpha value is -3.06. The van der Waals surface area contributed by atoms with Crippen molar-refractivity contribution in [1.82, 2.24) is 0 Å². The van der Waals surface area contributed by atoms with Crippen LogP contribution >= 0.6 is 0 Å². The summed E-state index contributed by atoms with van der Waals surface area (Å²) in [7, 11) is 0. The first kappa shape index (κ1) is 67.1. The van der Waals surface area contributed by atoms with Gasteiger partial charge < -0.3 is 64.2 Å². The van der Waals surface area contributed by atoms with E-state index in [2.05, 4.69) is 86.8 Å². The van der Waals surface area contributed by atoms with Crippen molar-refractivity contribution in [2.75, 3.05) is 26.4 Å². The Morgan fingerprint density at radius 3 is 1.36 bits per heavy atom. The lowest BCUT2D eigenvalue weighted by atomic mass is 9.98. The third-order valence-corrected chi connectivity index (χ3v) is 13.2. The van der Waals surface area contributed by atoms with Crippen LogP contribution in [-0.4, -0.2) is 142 Å². The lowest BCUT2D eigenvalue weighted by molar-refractivity contribution is -0.332. The first-order valence-electron chi connectivity index (χ1n) is 28.5. The molecule has 11 atom stereocenters. The molecule has 15 nitrogen and oxygen atoms in total. The van der Waals surface area contributed by atoms with Crippen molar-refractivity contribution in [3.63, 3.8) is 0 Å². The molecular weight excluding hydrogens is 949 g/mol. The van der Waals surface area contributed by atoms with Crippen LogP contribution < -0.4 is 0 Å². The molecule has 0 bridgehead atoms. The van der Waals surface area contributed by atoms with Gasteiger partial charge in [-0.25, -0.2) is 0 Å². The number of rotatable bonds is 44. The second-order valence-corrected chi connectivity index (χ2v) is 19.7. The molecule has 2 aliphatic heterocycles. The van der Waals surface area contributed by atoms with Gasteiger partial charge in [-0.3, -0.25) is 9.59 Å². The highest BCUT2D eigenvalue weighted by Crippen LogP contribution is 2.26. The minimum Gasteiger partial charge on any atom is -0.462 e. The molecular formula is C59H100O15. The van der Waals surface area contributed by atoms with E-state index in [4.69, 9.17) is 28.4 Å². The second-order valence-electron chi connectivity index (χ2n) is 19.7. The van der Waals surface area contributed by atoms with Crippen molar-refractivity contribution in [2.45, 2.75) is 261 Å². The summed E-state index contributed by atoms with van der Waals surface area (Å²) in [6.07, 6.45) is 37.8. The normalized spacial score (nSPS) is 25.2. The third-order valence-electron chi connectivity index (χ3n) is 13.2. The number of carbonyl (C=O) groups excluding carboxylic acids is 2. The zero-order valence-corrected chi connectivity index (χ0v) is 45.3. The number of aliphatic hydroxyl groups is 7. The van der Waals surface area contributed by atoms with E-state index in [9.17, 15) is 45.3 Å². The Bertz CT molecular complexity index is 1560. The average molecular weight is 1050 g/mol. The molecule has 0 aromatic heterocycles. The van der Waals surface area contributed by atoms with E-state index in [1.807, 2.05) is 0 Å². The highest BCUT2D eigenvalue weighted by Gasteiger charge is 2.47. The second kappa shape index (κ2) is 45.0. The summed E-state index contributed by atoms with van der Waals surface area (Å²) in [6, 6.07) is 0. The minimum absolute atomic E-state index is 0.123. The molecule has 0 saturated carbocycles. The maximum atomic E-state index is 13.0. The van der Waals surface area contributed by atoms with E-state index >= 15 is 0 Å². The number of hydrogen-bond acceptors (Lipinski definition) is 15. The van der Waals surface area contributed by atoms with Crippen LogP contribution in [0, 0.1) is 0 Å². The van der Waals surface area contributed by atoms with Gasteiger partial charge in [0.1, 0.15) is 55.4 Å². The molecule has 0 aromatic rings. The lowest BCUT2D eigenvalue weighted by Crippen LogP contribution is -2.61. The molecule has 0 aliphatic carbocycles. The number of unbranched alkanes of at least 4 members (excludes halogenated alkanes) is 18. The highest BCUT2D eigenvalue weighted by atomic mass is 16.7. The molecule has 0 radical (unpaired) electrons. The lowest BCUT2D eigenvalue weighted by Gasteiger charge is -2.42. The third kappa shape index (κ3) is 31.9. The Morgan fingerprint density at radius 1 is 0.446 bits per heavy atom. The van der Waals surface area contributed by atoms with E-state index in [-0.39, 0.29) is 19.4 Å². The number of hydrogen-bond donors (Lipinski definition) is 7. The molecule has 426 valence electrons. The summed E-state index contributed by atoms with van der Waals surface area (Å²) in [4.78, 5) is 25.9. The van der Waals surface area contributed by atoms with E-state index in [0.29, 0.717) is 12.8 Å². The molecule has 0 amide bonds. The van der Waals surface area contributed by atoms with Crippen LogP contribution in [0.5, 0.6) is 0 Å². The number of carbonyl (C=O) groups is 2. The molecule has 0 aromatic carbocycles. The van der Waals surface area contributed by atoms with Crippen LogP contribution in [0.15, 0.2) is 72.9 Å². The number of esters is 2. The van der Waals surface area contributed by atoms with Gasteiger partial charge >= 0.3 is 11.9 Å². The Balaban J connectivity index is 1.78. The van der Waals surface area contributed by atoms with Crippen molar-refractivity contribution in [1.29, 1.82) is 0 Å². The zero-order chi connectivity index (χ0) is 53.9. The van der Waals surface area contributed by atoms with E-state index < -0.39 is 99.3 Å². The quantitative estimate of drug-likeness (QED) is 0.0171. The van der Waals surface area contributed by atoms with E-state index in [1.165, 1.54) is 83.5 Å². The fraction of sp³-hybridized carbons (Fsp3) is 0.763. The van der Waals surface area contributed by atoms with Gasteiger partial charge in [-0.15, -0.1) is 0 Å². The summed E-state index contributed by atoms with van der Waals surface area (Å²) in [6.45, 7) is 2.44.